The van der Waals surface area contributed by atoms with Crippen LogP contribution in [0, 0.1) is 0 Å². The first-order valence-electron chi connectivity index (χ1n) is 7.45. The number of rotatable bonds is 8. The molecule has 0 saturated heterocycles. The molecule has 7 nitrogen and oxygen atoms in total. The lowest BCUT2D eigenvalue weighted by molar-refractivity contribution is 0.0654. The van der Waals surface area contributed by atoms with Crippen molar-refractivity contribution in [2.75, 3.05) is 25.9 Å². The van der Waals surface area contributed by atoms with Gasteiger partial charge in [-0.25, -0.2) is 13.1 Å². The van der Waals surface area contributed by atoms with Crippen LogP contribution in [-0.2, 0) is 10.0 Å². The number of carbonyl (C=O) groups excluding carboxylic acids is 2. The van der Waals surface area contributed by atoms with Crippen LogP contribution in [0.25, 0.3) is 0 Å². The quantitative estimate of drug-likeness (QED) is 0.660. The van der Waals surface area contributed by atoms with Crippen LogP contribution in [-0.4, -0.2) is 57.1 Å². The molecule has 0 bridgehead atoms. The standard InChI is InChI=1S/C15H21N3O4S/c1-11(16-2)10-17-23(21,22)9-5-8-18-14(19)12-6-3-4-7-13(12)15(18)20/h3-4,6-7,11,16-17H,5,8-10H2,1-2H3. The lowest BCUT2D eigenvalue weighted by Crippen LogP contribution is -2.39. The Morgan fingerprint density at radius 1 is 1.13 bits per heavy atom. The van der Waals surface area contributed by atoms with E-state index in [1.807, 2.05) is 6.92 Å². The highest BCUT2D eigenvalue weighted by atomic mass is 32.2. The molecule has 0 fully saturated rings. The maximum Gasteiger partial charge on any atom is 0.261 e. The highest BCUT2D eigenvalue weighted by Crippen LogP contribution is 2.22. The molecule has 0 radical (unpaired) electrons. The summed E-state index contributed by atoms with van der Waals surface area (Å²) in [6.45, 7) is 2.25. The maximum atomic E-state index is 12.1. The number of sulfonamides is 1. The lowest BCUT2D eigenvalue weighted by atomic mass is 10.1. The normalized spacial score (nSPS) is 15.8. The minimum Gasteiger partial charge on any atom is -0.316 e. The van der Waals surface area contributed by atoms with E-state index < -0.39 is 10.0 Å². The number of hydrogen-bond donors (Lipinski definition) is 2. The number of nitrogens with one attached hydrogen (secondary N) is 2. The second-order valence-electron chi connectivity index (χ2n) is 5.52. The van der Waals surface area contributed by atoms with Crippen LogP contribution in [0.1, 0.15) is 34.1 Å². The summed E-state index contributed by atoms with van der Waals surface area (Å²) in [7, 11) is -1.67. The van der Waals surface area contributed by atoms with E-state index in [0.29, 0.717) is 17.7 Å². The molecule has 0 saturated carbocycles. The average molecular weight is 339 g/mol. The molecule has 1 aromatic carbocycles. The first kappa shape index (κ1) is 17.6. The van der Waals surface area contributed by atoms with Gasteiger partial charge in [-0.05, 0) is 32.5 Å². The Morgan fingerprint density at radius 3 is 2.22 bits per heavy atom. The van der Waals surface area contributed by atoms with E-state index in [1.54, 1.807) is 31.3 Å². The van der Waals surface area contributed by atoms with Crippen LogP contribution in [0.5, 0.6) is 0 Å². The molecule has 1 aliphatic heterocycles. The predicted octanol–water partition coefficient (Wildman–Crippen LogP) is 0.200. The van der Waals surface area contributed by atoms with Gasteiger partial charge in [-0.3, -0.25) is 14.5 Å². The fourth-order valence-electron chi connectivity index (χ4n) is 2.28. The highest BCUT2D eigenvalue weighted by molar-refractivity contribution is 7.89. The summed E-state index contributed by atoms with van der Waals surface area (Å²) in [5.74, 6) is -0.851. The molecule has 1 aliphatic rings. The SMILES string of the molecule is CNC(C)CNS(=O)(=O)CCCN1C(=O)c2ccccc2C1=O. The number of hydrogen-bond acceptors (Lipinski definition) is 5. The predicted molar refractivity (Wildman–Crippen MR) is 86.7 cm³/mol. The van der Waals surface area contributed by atoms with Gasteiger partial charge < -0.3 is 5.32 Å². The number of benzene rings is 1. The molecule has 0 spiro atoms. The Bertz CT molecular complexity index is 667. The summed E-state index contributed by atoms with van der Waals surface area (Å²) < 4.78 is 26.3. The molecular formula is C15H21N3O4S. The Morgan fingerprint density at radius 2 is 1.70 bits per heavy atom. The van der Waals surface area contributed by atoms with Gasteiger partial charge in [0.25, 0.3) is 11.8 Å². The zero-order valence-electron chi connectivity index (χ0n) is 13.2. The van der Waals surface area contributed by atoms with E-state index >= 15 is 0 Å². The fourth-order valence-corrected chi connectivity index (χ4v) is 3.44. The van der Waals surface area contributed by atoms with Gasteiger partial charge in [0, 0.05) is 19.1 Å². The second-order valence-corrected chi connectivity index (χ2v) is 7.44. The summed E-state index contributed by atoms with van der Waals surface area (Å²) in [6, 6.07) is 6.64. The fraction of sp³-hybridized carbons (Fsp3) is 0.467. The third-order valence-corrected chi connectivity index (χ3v) is 5.21. The second kappa shape index (κ2) is 7.20. The average Bonchev–Trinajstić information content (AvgIpc) is 2.78. The van der Waals surface area contributed by atoms with Crippen molar-refractivity contribution >= 4 is 21.8 Å². The number of imide groups is 1. The van der Waals surface area contributed by atoms with Gasteiger partial charge >= 0.3 is 0 Å². The summed E-state index contributed by atoms with van der Waals surface area (Å²) in [5, 5.41) is 2.94. The molecule has 0 aliphatic carbocycles. The van der Waals surface area contributed by atoms with Gasteiger partial charge in [0.2, 0.25) is 10.0 Å². The van der Waals surface area contributed by atoms with Crippen molar-refractivity contribution in [2.45, 2.75) is 19.4 Å². The molecule has 1 aromatic rings. The monoisotopic (exact) mass is 339 g/mol. The molecule has 1 atom stereocenters. The van der Waals surface area contributed by atoms with Gasteiger partial charge in [0.05, 0.1) is 16.9 Å². The summed E-state index contributed by atoms with van der Waals surface area (Å²) >= 11 is 0. The first-order valence-corrected chi connectivity index (χ1v) is 9.11. The zero-order chi connectivity index (χ0) is 17.0. The number of fused-ring (bicyclic) bond motifs is 1. The van der Waals surface area contributed by atoms with Crippen LogP contribution < -0.4 is 10.0 Å². The molecule has 126 valence electrons. The summed E-state index contributed by atoms with van der Waals surface area (Å²) in [4.78, 5) is 25.4. The number of likely N-dealkylation sites (N-methyl/N-ethyl adjacent to an activating group) is 1. The summed E-state index contributed by atoms with van der Waals surface area (Å²) in [6.07, 6.45) is 0.203. The van der Waals surface area contributed by atoms with Gasteiger partial charge in [-0.15, -0.1) is 0 Å². The molecule has 2 amide bonds. The van der Waals surface area contributed by atoms with Crippen molar-refractivity contribution < 1.29 is 18.0 Å². The highest BCUT2D eigenvalue weighted by Gasteiger charge is 2.34. The van der Waals surface area contributed by atoms with Crippen molar-refractivity contribution in [3.05, 3.63) is 35.4 Å². The van der Waals surface area contributed by atoms with Gasteiger partial charge in [0.15, 0.2) is 0 Å². The minimum atomic E-state index is -3.42. The van der Waals surface area contributed by atoms with Crippen molar-refractivity contribution in [2.24, 2.45) is 0 Å². The molecule has 1 heterocycles. The minimum absolute atomic E-state index is 0.0287. The maximum absolute atomic E-state index is 12.1. The van der Waals surface area contributed by atoms with Gasteiger partial charge in [0.1, 0.15) is 0 Å². The van der Waals surface area contributed by atoms with Gasteiger partial charge in [-0.1, -0.05) is 12.1 Å². The van der Waals surface area contributed by atoms with E-state index in [-0.39, 0.29) is 36.6 Å². The van der Waals surface area contributed by atoms with Crippen LogP contribution in [0.15, 0.2) is 24.3 Å². The van der Waals surface area contributed by atoms with E-state index in [1.165, 1.54) is 0 Å². The van der Waals surface area contributed by atoms with Crippen molar-refractivity contribution in [1.82, 2.24) is 14.9 Å². The largest absolute Gasteiger partial charge is 0.316 e. The van der Waals surface area contributed by atoms with Crippen molar-refractivity contribution in [3.8, 4) is 0 Å². The van der Waals surface area contributed by atoms with E-state index in [2.05, 4.69) is 10.0 Å². The molecular weight excluding hydrogens is 318 g/mol. The van der Waals surface area contributed by atoms with Crippen LogP contribution >= 0.6 is 0 Å². The van der Waals surface area contributed by atoms with Crippen LogP contribution in [0.2, 0.25) is 0 Å². The van der Waals surface area contributed by atoms with Crippen LogP contribution in [0.3, 0.4) is 0 Å². The molecule has 2 rings (SSSR count). The van der Waals surface area contributed by atoms with Crippen molar-refractivity contribution in [1.29, 1.82) is 0 Å². The molecule has 8 heteroatoms. The van der Waals surface area contributed by atoms with Crippen LogP contribution in [0.4, 0.5) is 0 Å². The Kier molecular flexibility index (Phi) is 5.51. The third kappa shape index (κ3) is 4.15. The Labute approximate surface area is 136 Å². The number of amides is 2. The molecule has 23 heavy (non-hydrogen) atoms. The summed E-state index contributed by atoms with van der Waals surface area (Å²) in [5.41, 5.74) is 0.752. The van der Waals surface area contributed by atoms with E-state index in [0.717, 1.165) is 4.90 Å². The zero-order valence-corrected chi connectivity index (χ0v) is 14.0. The smallest absolute Gasteiger partial charge is 0.261 e. The molecule has 0 aromatic heterocycles. The third-order valence-electron chi connectivity index (χ3n) is 3.78. The first-order chi connectivity index (χ1) is 10.9. The van der Waals surface area contributed by atoms with E-state index in [4.69, 9.17) is 0 Å². The number of carbonyl (C=O) groups is 2. The number of nitrogens with zero attached hydrogens (tertiary/aromatic N) is 1. The van der Waals surface area contributed by atoms with Gasteiger partial charge in [-0.2, -0.15) is 0 Å². The molecule has 1 unspecified atom stereocenters. The Hall–Kier alpha value is -1.77. The van der Waals surface area contributed by atoms with Crippen molar-refractivity contribution in [3.63, 3.8) is 0 Å². The van der Waals surface area contributed by atoms with E-state index in [9.17, 15) is 18.0 Å². The lowest BCUT2D eigenvalue weighted by Gasteiger charge is -2.15. The Balaban J connectivity index is 1.88. The molecule has 2 N–H and O–H groups in total. The topological polar surface area (TPSA) is 95.6 Å².